The van der Waals surface area contributed by atoms with Crippen LogP contribution in [0.15, 0.2) is 30.3 Å². The van der Waals surface area contributed by atoms with E-state index in [9.17, 15) is 9.59 Å². The van der Waals surface area contributed by atoms with Crippen molar-refractivity contribution in [3.05, 3.63) is 35.9 Å². The fourth-order valence-corrected chi connectivity index (χ4v) is 1.49. The Morgan fingerprint density at radius 3 is 2.22 bits per heavy atom. The lowest BCUT2D eigenvalue weighted by Gasteiger charge is -2.23. The van der Waals surface area contributed by atoms with Crippen molar-refractivity contribution >= 4 is 11.9 Å². The van der Waals surface area contributed by atoms with Crippen molar-refractivity contribution in [2.45, 2.75) is 33.2 Å². The van der Waals surface area contributed by atoms with Crippen LogP contribution in [0.5, 0.6) is 0 Å². The summed E-state index contributed by atoms with van der Waals surface area (Å²) in [4.78, 5) is 22.8. The first kappa shape index (κ1) is 14.2. The molecule has 1 atom stereocenters. The van der Waals surface area contributed by atoms with E-state index in [2.05, 4.69) is 5.32 Å². The van der Waals surface area contributed by atoms with Gasteiger partial charge in [0.15, 0.2) is 0 Å². The Kier molecular flexibility index (Phi) is 4.48. The van der Waals surface area contributed by atoms with Gasteiger partial charge in [0.05, 0.1) is 12.5 Å². The maximum absolute atomic E-state index is 11.9. The van der Waals surface area contributed by atoms with Crippen LogP contribution in [-0.4, -0.2) is 17.0 Å². The molecule has 0 aliphatic rings. The molecule has 0 unspecified atom stereocenters. The maximum atomic E-state index is 11.9. The van der Waals surface area contributed by atoms with E-state index >= 15 is 0 Å². The van der Waals surface area contributed by atoms with Gasteiger partial charge in [-0.2, -0.15) is 0 Å². The summed E-state index contributed by atoms with van der Waals surface area (Å²) in [7, 11) is 0. The minimum Gasteiger partial charge on any atom is -0.481 e. The van der Waals surface area contributed by atoms with Gasteiger partial charge in [-0.25, -0.2) is 0 Å². The van der Waals surface area contributed by atoms with Crippen LogP contribution in [-0.2, 0) is 9.59 Å². The lowest BCUT2D eigenvalue weighted by atomic mass is 9.94. The number of benzene rings is 1. The number of hydrogen-bond acceptors (Lipinski definition) is 2. The number of carboxylic acid groups (broad SMARTS) is 1. The first-order valence-electron chi connectivity index (χ1n) is 5.88. The third kappa shape index (κ3) is 4.20. The van der Waals surface area contributed by atoms with Gasteiger partial charge in [0.25, 0.3) is 0 Å². The summed E-state index contributed by atoms with van der Waals surface area (Å²) in [6, 6.07) is 8.65. The number of aliphatic carboxylic acids is 1. The van der Waals surface area contributed by atoms with Gasteiger partial charge in [0.2, 0.25) is 5.91 Å². The lowest BCUT2D eigenvalue weighted by Crippen LogP contribution is -2.38. The number of carbonyl (C=O) groups is 2. The molecule has 0 saturated carbocycles. The molecule has 0 saturated heterocycles. The molecule has 1 rings (SSSR count). The molecule has 4 heteroatoms. The van der Waals surface area contributed by atoms with E-state index in [0.717, 1.165) is 5.56 Å². The Morgan fingerprint density at radius 1 is 1.22 bits per heavy atom. The molecule has 18 heavy (non-hydrogen) atoms. The molecule has 0 aliphatic heterocycles. The number of hydrogen-bond donors (Lipinski definition) is 2. The van der Waals surface area contributed by atoms with Crippen LogP contribution < -0.4 is 5.32 Å². The molecule has 2 N–H and O–H groups in total. The summed E-state index contributed by atoms with van der Waals surface area (Å²) in [5, 5.41) is 11.7. The van der Waals surface area contributed by atoms with Crippen LogP contribution in [0.25, 0.3) is 0 Å². The second-order valence-corrected chi connectivity index (χ2v) is 5.28. The Bertz CT molecular complexity index is 420. The third-order valence-corrected chi connectivity index (χ3v) is 2.57. The van der Waals surface area contributed by atoms with E-state index in [-0.39, 0.29) is 12.3 Å². The van der Waals surface area contributed by atoms with Gasteiger partial charge < -0.3 is 10.4 Å². The molecule has 1 aromatic carbocycles. The Hall–Kier alpha value is -1.84. The van der Waals surface area contributed by atoms with E-state index < -0.39 is 17.4 Å². The van der Waals surface area contributed by atoms with E-state index in [1.807, 2.05) is 30.3 Å². The van der Waals surface area contributed by atoms with Crippen LogP contribution in [0.4, 0.5) is 0 Å². The Morgan fingerprint density at radius 2 is 1.78 bits per heavy atom. The first-order chi connectivity index (χ1) is 8.30. The van der Waals surface area contributed by atoms with Gasteiger partial charge in [-0.15, -0.1) is 0 Å². The van der Waals surface area contributed by atoms with E-state index in [1.165, 1.54) is 0 Å². The molecule has 0 radical (unpaired) electrons. The molecular weight excluding hydrogens is 230 g/mol. The number of rotatable bonds is 4. The van der Waals surface area contributed by atoms with Crippen LogP contribution in [0, 0.1) is 5.41 Å². The van der Waals surface area contributed by atoms with Crippen molar-refractivity contribution < 1.29 is 14.7 Å². The number of carboxylic acids is 1. The average Bonchev–Trinajstić information content (AvgIpc) is 2.27. The summed E-state index contributed by atoms with van der Waals surface area (Å²) in [5.41, 5.74) is 0.267. The predicted molar refractivity (Wildman–Crippen MR) is 69.0 cm³/mol. The van der Waals surface area contributed by atoms with Crippen molar-refractivity contribution in [2.75, 3.05) is 0 Å². The van der Waals surface area contributed by atoms with E-state index in [1.54, 1.807) is 20.8 Å². The highest BCUT2D eigenvalue weighted by Crippen LogP contribution is 2.20. The zero-order valence-corrected chi connectivity index (χ0v) is 10.9. The zero-order chi connectivity index (χ0) is 13.8. The normalized spacial score (nSPS) is 12.8. The van der Waals surface area contributed by atoms with E-state index in [0.29, 0.717) is 0 Å². The summed E-state index contributed by atoms with van der Waals surface area (Å²) in [6.07, 6.45) is -0.119. The second kappa shape index (κ2) is 5.67. The average molecular weight is 249 g/mol. The smallest absolute Gasteiger partial charge is 0.305 e. The van der Waals surface area contributed by atoms with Crippen molar-refractivity contribution in [1.29, 1.82) is 0 Å². The minimum atomic E-state index is -0.932. The highest BCUT2D eigenvalue weighted by molar-refractivity contribution is 5.82. The molecule has 1 aromatic rings. The van der Waals surface area contributed by atoms with Crippen LogP contribution in [0.3, 0.4) is 0 Å². The van der Waals surface area contributed by atoms with Crippen molar-refractivity contribution in [1.82, 2.24) is 5.32 Å². The highest BCUT2D eigenvalue weighted by Gasteiger charge is 2.25. The molecule has 98 valence electrons. The fourth-order valence-electron chi connectivity index (χ4n) is 1.49. The van der Waals surface area contributed by atoms with Crippen molar-refractivity contribution in [3.63, 3.8) is 0 Å². The standard InChI is InChI=1S/C14H19NO3/c1-14(2,3)13(18)15-11(9-12(16)17)10-7-5-4-6-8-10/h4-8,11H,9H2,1-3H3,(H,15,18)(H,16,17)/t11-/m0/s1. The van der Waals surface area contributed by atoms with Gasteiger partial charge in [0, 0.05) is 5.41 Å². The van der Waals surface area contributed by atoms with Crippen LogP contribution >= 0.6 is 0 Å². The molecule has 0 spiro atoms. The number of amides is 1. The molecule has 0 aromatic heterocycles. The second-order valence-electron chi connectivity index (χ2n) is 5.28. The molecule has 0 bridgehead atoms. The first-order valence-corrected chi connectivity index (χ1v) is 5.88. The van der Waals surface area contributed by atoms with Crippen molar-refractivity contribution in [2.24, 2.45) is 5.41 Å². The maximum Gasteiger partial charge on any atom is 0.305 e. The SMILES string of the molecule is CC(C)(C)C(=O)N[C@@H](CC(=O)O)c1ccccc1. The van der Waals surface area contributed by atoms with E-state index in [4.69, 9.17) is 5.11 Å². The summed E-state index contributed by atoms with van der Waals surface area (Å²) in [5.74, 6) is -1.09. The monoisotopic (exact) mass is 249 g/mol. The van der Waals surface area contributed by atoms with Crippen LogP contribution in [0.2, 0.25) is 0 Å². The third-order valence-electron chi connectivity index (χ3n) is 2.57. The van der Waals surface area contributed by atoms with Crippen molar-refractivity contribution in [3.8, 4) is 0 Å². The van der Waals surface area contributed by atoms with Gasteiger partial charge in [-0.3, -0.25) is 9.59 Å². The molecular formula is C14H19NO3. The van der Waals surface area contributed by atoms with Crippen LogP contribution in [0.1, 0.15) is 38.8 Å². The molecule has 0 aliphatic carbocycles. The Balaban J connectivity index is 2.87. The highest BCUT2D eigenvalue weighted by atomic mass is 16.4. The quantitative estimate of drug-likeness (QED) is 0.860. The van der Waals surface area contributed by atoms with Gasteiger partial charge in [-0.1, -0.05) is 51.1 Å². The molecule has 0 fully saturated rings. The predicted octanol–water partition coefficient (Wildman–Crippen LogP) is 2.36. The summed E-state index contributed by atoms with van der Waals surface area (Å²) >= 11 is 0. The minimum absolute atomic E-state index is 0.119. The number of nitrogens with one attached hydrogen (secondary N) is 1. The number of carbonyl (C=O) groups excluding carboxylic acids is 1. The summed E-state index contributed by atoms with van der Waals surface area (Å²) in [6.45, 7) is 5.39. The Labute approximate surface area is 107 Å². The van der Waals surface area contributed by atoms with Gasteiger partial charge in [0.1, 0.15) is 0 Å². The fraction of sp³-hybridized carbons (Fsp3) is 0.429. The zero-order valence-electron chi connectivity index (χ0n) is 10.9. The van der Waals surface area contributed by atoms with Gasteiger partial charge >= 0.3 is 5.97 Å². The molecule has 0 heterocycles. The lowest BCUT2D eigenvalue weighted by molar-refractivity contribution is -0.138. The molecule has 4 nitrogen and oxygen atoms in total. The summed E-state index contributed by atoms with van der Waals surface area (Å²) < 4.78 is 0. The van der Waals surface area contributed by atoms with Gasteiger partial charge in [-0.05, 0) is 5.56 Å². The largest absolute Gasteiger partial charge is 0.481 e. The topological polar surface area (TPSA) is 66.4 Å². The molecule has 1 amide bonds.